The molecule has 0 aliphatic carbocycles. The molecule has 0 aliphatic rings. The second kappa shape index (κ2) is 4.28. The topological polar surface area (TPSA) is 45.2 Å². The first-order chi connectivity index (χ1) is 6.39. The first-order valence-electron chi connectivity index (χ1n) is 4.51. The van der Waals surface area contributed by atoms with E-state index >= 15 is 0 Å². The molecule has 4 heteroatoms. The highest BCUT2D eigenvalue weighted by Crippen LogP contribution is 2.15. The third kappa shape index (κ3) is 3.27. The van der Waals surface area contributed by atoms with Crippen LogP contribution in [0.15, 0.2) is 22.8 Å². The monoisotopic (exact) mass is 258 g/mol. The fourth-order valence-electron chi connectivity index (χ4n) is 0.887. The molecule has 1 aromatic heterocycles. The molecule has 0 bridgehead atoms. The van der Waals surface area contributed by atoms with Gasteiger partial charge in [0.1, 0.15) is 10.4 Å². The Balaban J connectivity index is 2.70. The molecule has 1 atom stereocenters. The summed E-state index contributed by atoms with van der Waals surface area (Å²) >= 11 is 3.29. The lowest BCUT2D eigenvalue weighted by atomic mass is 10.0. The first-order valence-corrected chi connectivity index (χ1v) is 5.30. The lowest BCUT2D eigenvalue weighted by molar-refractivity contribution is 0.0648. The van der Waals surface area contributed by atoms with E-state index in [1.807, 2.05) is 25.1 Å². The molecule has 0 amide bonds. The number of hydrogen-bond acceptors (Lipinski definition) is 3. The molecule has 0 radical (unpaired) electrons. The number of hydrogen-bond donors (Lipinski definition) is 2. The van der Waals surface area contributed by atoms with Crippen molar-refractivity contribution in [2.24, 2.45) is 0 Å². The van der Waals surface area contributed by atoms with E-state index < -0.39 is 5.60 Å². The lowest BCUT2D eigenvalue weighted by Crippen LogP contribution is -2.39. The molecule has 0 saturated carbocycles. The highest BCUT2D eigenvalue weighted by Gasteiger charge is 2.22. The number of nitrogens with zero attached hydrogens (tertiary/aromatic N) is 1. The number of aliphatic hydroxyl groups is 1. The van der Waals surface area contributed by atoms with Crippen LogP contribution >= 0.6 is 15.9 Å². The summed E-state index contributed by atoms with van der Waals surface area (Å²) in [6.45, 7) is 5.45. The van der Waals surface area contributed by atoms with Crippen LogP contribution in [-0.4, -0.2) is 21.7 Å². The number of halogens is 1. The van der Waals surface area contributed by atoms with Crippen LogP contribution in [0.25, 0.3) is 0 Å². The maximum absolute atomic E-state index is 9.71. The molecule has 2 N–H and O–H groups in total. The molecule has 0 aliphatic heterocycles. The van der Waals surface area contributed by atoms with Crippen molar-refractivity contribution < 1.29 is 5.11 Å². The first kappa shape index (κ1) is 11.5. The maximum atomic E-state index is 9.71. The largest absolute Gasteiger partial charge is 0.388 e. The quantitative estimate of drug-likeness (QED) is 0.819. The molecule has 0 spiro atoms. The summed E-state index contributed by atoms with van der Waals surface area (Å²) in [6.07, 6.45) is 0. The van der Waals surface area contributed by atoms with E-state index in [1.165, 1.54) is 0 Å². The van der Waals surface area contributed by atoms with Crippen LogP contribution in [0.2, 0.25) is 0 Å². The predicted molar refractivity (Wildman–Crippen MR) is 61.3 cm³/mol. The minimum absolute atomic E-state index is 0.0516. The zero-order chi connectivity index (χ0) is 10.8. The van der Waals surface area contributed by atoms with Gasteiger partial charge in [-0.3, -0.25) is 0 Å². The number of aromatic nitrogens is 1. The van der Waals surface area contributed by atoms with Crippen LogP contribution < -0.4 is 5.32 Å². The van der Waals surface area contributed by atoms with Gasteiger partial charge in [-0.05, 0) is 48.8 Å². The van der Waals surface area contributed by atoms with Crippen molar-refractivity contribution in [3.63, 3.8) is 0 Å². The van der Waals surface area contributed by atoms with Crippen LogP contribution in [0.1, 0.15) is 20.8 Å². The van der Waals surface area contributed by atoms with Gasteiger partial charge < -0.3 is 10.4 Å². The summed E-state index contributed by atoms with van der Waals surface area (Å²) in [5.74, 6) is 0.758. The van der Waals surface area contributed by atoms with Gasteiger partial charge in [0.15, 0.2) is 0 Å². The molecule has 0 saturated heterocycles. The van der Waals surface area contributed by atoms with Crippen molar-refractivity contribution in [1.82, 2.24) is 4.98 Å². The molecule has 1 aromatic rings. The van der Waals surface area contributed by atoms with Gasteiger partial charge in [0.25, 0.3) is 0 Å². The number of nitrogens with one attached hydrogen (secondary N) is 1. The van der Waals surface area contributed by atoms with Crippen LogP contribution in [0, 0.1) is 0 Å². The van der Waals surface area contributed by atoms with Crippen molar-refractivity contribution in [1.29, 1.82) is 0 Å². The van der Waals surface area contributed by atoms with E-state index in [-0.39, 0.29) is 6.04 Å². The zero-order valence-corrected chi connectivity index (χ0v) is 10.2. The molecule has 1 unspecified atom stereocenters. The van der Waals surface area contributed by atoms with Gasteiger partial charge in [-0.2, -0.15) is 0 Å². The van der Waals surface area contributed by atoms with Crippen LogP contribution in [-0.2, 0) is 0 Å². The van der Waals surface area contributed by atoms with Gasteiger partial charge in [-0.1, -0.05) is 6.07 Å². The average molecular weight is 259 g/mol. The highest BCUT2D eigenvalue weighted by molar-refractivity contribution is 9.10. The third-order valence-electron chi connectivity index (χ3n) is 2.14. The highest BCUT2D eigenvalue weighted by atomic mass is 79.9. The Morgan fingerprint density at radius 2 is 2.14 bits per heavy atom. The minimum atomic E-state index is -0.760. The van der Waals surface area contributed by atoms with Crippen molar-refractivity contribution in [3.05, 3.63) is 22.8 Å². The second-order valence-corrected chi connectivity index (χ2v) is 4.68. The van der Waals surface area contributed by atoms with Gasteiger partial charge in [0, 0.05) is 0 Å². The Bertz CT molecular complexity index is 309. The van der Waals surface area contributed by atoms with Crippen LogP contribution in [0.3, 0.4) is 0 Å². The molecule has 14 heavy (non-hydrogen) atoms. The maximum Gasteiger partial charge on any atom is 0.127 e. The Morgan fingerprint density at radius 1 is 1.50 bits per heavy atom. The molecule has 1 rings (SSSR count). The molecule has 3 nitrogen and oxygen atoms in total. The van der Waals surface area contributed by atoms with Crippen molar-refractivity contribution in [2.75, 3.05) is 5.32 Å². The molecule has 78 valence electrons. The van der Waals surface area contributed by atoms with Gasteiger partial charge in [0.2, 0.25) is 0 Å². The molecule has 1 heterocycles. The van der Waals surface area contributed by atoms with E-state index in [1.54, 1.807) is 13.8 Å². The van der Waals surface area contributed by atoms with Gasteiger partial charge in [-0.15, -0.1) is 0 Å². The smallest absolute Gasteiger partial charge is 0.127 e. The normalized spacial score (nSPS) is 13.8. The average Bonchev–Trinajstić information content (AvgIpc) is 2.02. The number of anilines is 1. The summed E-state index contributed by atoms with van der Waals surface area (Å²) < 4.78 is 0.783. The van der Waals surface area contributed by atoms with Gasteiger partial charge in [-0.25, -0.2) is 4.98 Å². The Kier molecular flexibility index (Phi) is 3.50. The molecular weight excluding hydrogens is 244 g/mol. The fraction of sp³-hybridized carbons (Fsp3) is 0.500. The Morgan fingerprint density at radius 3 is 2.64 bits per heavy atom. The number of rotatable bonds is 3. The molecule has 0 aromatic carbocycles. The summed E-state index contributed by atoms with van der Waals surface area (Å²) in [5.41, 5.74) is -0.760. The second-order valence-electron chi connectivity index (χ2n) is 3.87. The van der Waals surface area contributed by atoms with Gasteiger partial charge >= 0.3 is 0 Å². The fourth-order valence-corrected chi connectivity index (χ4v) is 1.23. The molecule has 0 fully saturated rings. The lowest BCUT2D eigenvalue weighted by Gasteiger charge is -2.27. The summed E-state index contributed by atoms with van der Waals surface area (Å²) in [4.78, 5) is 4.22. The third-order valence-corrected chi connectivity index (χ3v) is 2.58. The van der Waals surface area contributed by atoms with E-state index in [9.17, 15) is 5.11 Å². The van der Waals surface area contributed by atoms with Crippen molar-refractivity contribution in [2.45, 2.75) is 32.4 Å². The van der Waals surface area contributed by atoms with Crippen molar-refractivity contribution in [3.8, 4) is 0 Å². The number of pyridine rings is 1. The van der Waals surface area contributed by atoms with Crippen LogP contribution in [0.4, 0.5) is 5.82 Å². The summed E-state index contributed by atoms with van der Waals surface area (Å²) in [7, 11) is 0. The Labute approximate surface area is 92.7 Å². The van der Waals surface area contributed by atoms with Gasteiger partial charge in [0.05, 0.1) is 11.6 Å². The predicted octanol–water partition coefficient (Wildman–Crippen LogP) is 2.42. The Hall–Kier alpha value is -0.610. The minimum Gasteiger partial charge on any atom is -0.388 e. The van der Waals surface area contributed by atoms with Crippen molar-refractivity contribution >= 4 is 21.7 Å². The SMILES string of the molecule is CC(Nc1cccc(Br)n1)C(C)(C)O. The zero-order valence-electron chi connectivity index (χ0n) is 8.58. The summed E-state index contributed by atoms with van der Waals surface area (Å²) in [6, 6.07) is 5.58. The molecular formula is C10H15BrN2O. The van der Waals surface area contributed by atoms with E-state index in [2.05, 4.69) is 26.2 Å². The van der Waals surface area contributed by atoms with E-state index in [0.717, 1.165) is 10.4 Å². The van der Waals surface area contributed by atoms with Crippen LogP contribution in [0.5, 0.6) is 0 Å². The summed E-state index contributed by atoms with van der Waals surface area (Å²) in [5, 5.41) is 12.8. The standard InChI is InChI=1S/C10H15BrN2O/c1-7(10(2,3)14)12-9-6-4-5-8(11)13-9/h4-7,14H,1-3H3,(H,12,13). The van der Waals surface area contributed by atoms with E-state index in [4.69, 9.17) is 0 Å². The van der Waals surface area contributed by atoms with E-state index in [0.29, 0.717) is 0 Å².